The molecule has 0 unspecified atom stereocenters. The molecule has 1 amide bonds. The van der Waals surface area contributed by atoms with E-state index in [1.807, 2.05) is 22.8 Å². The molecule has 4 heterocycles. The van der Waals surface area contributed by atoms with Crippen LogP contribution >= 0.6 is 0 Å². The fourth-order valence-corrected chi connectivity index (χ4v) is 4.25. The van der Waals surface area contributed by atoms with Crippen LogP contribution in [0.5, 0.6) is 11.5 Å². The first-order valence-electron chi connectivity index (χ1n) is 11.4. The molecule has 0 aliphatic carbocycles. The maximum Gasteiger partial charge on any atom is 0.312 e. The number of unbranched alkanes of at least 4 members (excludes halogenated alkanes) is 2. The Morgan fingerprint density at radius 1 is 1.11 bits per heavy atom. The van der Waals surface area contributed by atoms with Gasteiger partial charge in [-0.05, 0) is 36.6 Å². The van der Waals surface area contributed by atoms with Gasteiger partial charge in [0.15, 0.2) is 28.5 Å². The van der Waals surface area contributed by atoms with Crippen molar-refractivity contribution in [1.82, 2.24) is 29.7 Å². The summed E-state index contributed by atoms with van der Waals surface area (Å²) in [6.07, 6.45) is 3.72. The van der Waals surface area contributed by atoms with Crippen molar-refractivity contribution in [2.24, 2.45) is 5.73 Å². The van der Waals surface area contributed by atoms with Crippen LogP contribution in [0.2, 0.25) is 0 Å². The highest BCUT2D eigenvalue weighted by atomic mass is 19.1. The van der Waals surface area contributed by atoms with E-state index in [9.17, 15) is 9.18 Å². The molecule has 0 radical (unpaired) electrons. The van der Waals surface area contributed by atoms with Gasteiger partial charge < -0.3 is 25.5 Å². The van der Waals surface area contributed by atoms with E-state index in [0.717, 1.165) is 29.7 Å². The summed E-state index contributed by atoms with van der Waals surface area (Å²) >= 11 is 0. The van der Waals surface area contributed by atoms with E-state index < -0.39 is 6.08 Å². The summed E-state index contributed by atoms with van der Waals surface area (Å²) in [7, 11) is 0. The number of hydrogen-bond donors (Lipinski definition) is 3. The first-order chi connectivity index (χ1) is 17.0. The Labute approximate surface area is 199 Å². The molecule has 0 atom stereocenters. The molecule has 0 fully saturated rings. The second-order valence-corrected chi connectivity index (χ2v) is 8.30. The van der Waals surface area contributed by atoms with Gasteiger partial charge in [0.1, 0.15) is 19.0 Å². The van der Waals surface area contributed by atoms with Crippen LogP contribution in [0.1, 0.15) is 37.1 Å². The number of halogens is 1. The summed E-state index contributed by atoms with van der Waals surface area (Å²) in [5.41, 5.74) is 14.4. The maximum atomic E-state index is 14.0. The molecule has 3 aromatic heterocycles. The number of aromatic amines is 1. The number of anilines is 1. The summed E-state index contributed by atoms with van der Waals surface area (Å²) in [6, 6.07) is 5.70. The fourth-order valence-electron chi connectivity index (χ4n) is 4.25. The highest BCUT2D eigenvalue weighted by Gasteiger charge is 2.22. The summed E-state index contributed by atoms with van der Waals surface area (Å²) in [5.74, 6) is 1.60. The van der Waals surface area contributed by atoms with Gasteiger partial charge in [-0.1, -0.05) is 6.42 Å². The van der Waals surface area contributed by atoms with Crippen molar-refractivity contribution in [1.29, 1.82) is 0 Å². The third-order valence-electron chi connectivity index (χ3n) is 5.87. The molecule has 0 bridgehead atoms. The van der Waals surface area contributed by atoms with Crippen LogP contribution in [-0.2, 0) is 17.8 Å². The number of hydrogen-bond acceptors (Lipinski definition) is 8. The van der Waals surface area contributed by atoms with E-state index in [2.05, 4.69) is 25.1 Å². The zero-order valence-electron chi connectivity index (χ0n) is 19.0. The van der Waals surface area contributed by atoms with Gasteiger partial charge in [0.25, 0.3) is 0 Å². The van der Waals surface area contributed by atoms with Crippen LogP contribution in [0.15, 0.2) is 24.4 Å². The summed E-state index contributed by atoms with van der Waals surface area (Å²) in [5, 5.41) is 7.18. The highest BCUT2D eigenvalue weighted by Crippen LogP contribution is 2.38. The Morgan fingerprint density at radius 3 is 2.66 bits per heavy atom. The van der Waals surface area contributed by atoms with Gasteiger partial charge in [0.05, 0.1) is 5.69 Å². The van der Waals surface area contributed by atoms with Gasteiger partial charge in [0.2, 0.25) is 5.91 Å². The monoisotopic (exact) mass is 480 g/mol. The van der Waals surface area contributed by atoms with Crippen molar-refractivity contribution < 1.29 is 18.7 Å². The lowest BCUT2D eigenvalue weighted by atomic mass is 10.00. The van der Waals surface area contributed by atoms with Crippen LogP contribution in [0.4, 0.5) is 10.2 Å². The molecule has 11 nitrogen and oxygen atoms in total. The fraction of sp³-hybridized carbons (Fsp3) is 0.348. The number of amides is 1. The van der Waals surface area contributed by atoms with Crippen molar-refractivity contribution in [3.63, 3.8) is 0 Å². The molecular weight excluding hydrogens is 455 g/mol. The second-order valence-electron chi connectivity index (χ2n) is 8.30. The van der Waals surface area contributed by atoms with E-state index >= 15 is 0 Å². The van der Waals surface area contributed by atoms with Crippen molar-refractivity contribution in [2.45, 2.75) is 38.6 Å². The summed E-state index contributed by atoms with van der Waals surface area (Å²) in [6.45, 7) is 1.45. The van der Waals surface area contributed by atoms with E-state index in [-0.39, 0.29) is 11.7 Å². The van der Waals surface area contributed by atoms with E-state index in [1.165, 1.54) is 0 Å². The average Bonchev–Trinajstić information content (AvgIpc) is 3.47. The number of nitrogen functional groups attached to an aromatic ring is 1. The molecule has 12 heteroatoms. The molecule has 0 saturated carbocycles. The predicted molar refractivity (Wildman–Crippen MR) is 125 cm³/mol. The lowest BCUT2D eigenvalue weighted by Gasteiger charge is -2.21. The molecule has 1 aliphatic heterocycles. The minimum atomic E-state index is -0.909. The molecule has 182 valence electrons. The minimum Gasteiger partial charge on any atom is -0.486 e. The second kappa shape index (κ2) is 9.57. The highest BCUT2D eigenvalue weighted by molar-refractivity contribution is 5.82. The number of aromatic nitrogens is 6. The SMILES string of the molecule is NC(=O)CCCCCn1c(Cc2cc3c(cc2-c2cc[nH]n2)OCCO3)nc2c(N)nc(F)nc21. The smallest absolute Gasteiger partial charge is 0.312 e. The molecule has 0 spiro atoms. The normalized spacial score (nSPS) is 12.8. The molecule has 0 saturated heterocycles. The van der Waals surface area contributed by atoms with Crippen LogP contribution in [-0.4, -0.2) is 48.8 Å². The molecule has 5 N–H and O–H groups in total. The number of fused-ring (bicyclic) bond motifs is 2. The van der Waals surface area contributed by atoms with Gasteiger partial charge in [-0.25, -0.2) is 4.98 Å². The van der Waals surface area contributed by atoms with Crippen LogP contribution in [0.3, 0.4) is 0 Å². The summed E-state index contributed by atoms with van der Waals surface area (Å²) < 4.78 is 27.5. The number of carbonyl (C=O) groups is 1. The number of primary amides is 1. The number of benzene rings is 1. The van der Waals surface area contributed by atoms with Gasteiger partial charge >= 0.3 is 6.08 Å². The first kappa shape index (κ1) is 22.6. The number of H-pyrrole nitrogens is 1. The minimum absolute atomic E-state index is 0.0177. The van der Waals surface area contributed by atoms with Gasteiger partial charge in [-0.2, -0.15) is 19.5 Å². The first-order valence-corrected chi connectivity index (χ1v) is 11.4. The maximum absolute atomic E-state index is 14.0. The topological polar surface area (TPSA) is 160 Å². The Hall–Kier alpha value is -4.22. The number of nitrogens with two attached hydrogens (primary N) is 2. The predicted octanol–water partition coefficient (Wildman–Crippen LogP) is 2.35. The zero-order valence-corrected chi connectivity index (χ0v) is 19.0. The zero-order chi connectivity index (χ0) is 24.4. The van der Waals surface area contributed by atoms with E-state index in [0.29, 0.717) is 67.5 Å². The van der Waals surface area contributed by atoms with Gasteiger partial charge in [-0.15, -0.1) is 0 Å². The van der Waals surface area contributed by atoms with Crippen LogP contribution in [0, 0.1) is 6.08 Å². The number of nitrogens with zero attached hydrogens (tertiary/aromatic N) is 5. The van der Waals surface area contributed by atoms with Gasteiger partial charge in [-0.3, -0.25) is 9.89 Å². The van der Waals surface area contributed by atoms with Crippen molar-refractivity contribution in [3.05, 3.63) is 41.9 Å². The molecule has 4 aromatic rings. The molecular formula is C23H25FN8O3. The van der Waals surface area contributed by atoms with Crippen LogP contribution < -0.4 is 20.9 Å². The summed E-state index contributed by atoms with van der Waals surface area (Å²) in [4.78, 5) is 23.3. The Morgan fingerprint density at radius 2 is 1.91 bits per heavy atom. The molecule has 35 heavy (non-hydrogen) atoms. The van der Waals surface area contributed by atoms with Crippen molar-refractivity contribution in [2.75, 3.05) is 18.9 Å². The third-order valence-corrected chi connectivity index (χ3v) is 5.87. The van der Waals surface area contributed by atoms with Crippen molar-refractivity contribution >= 4 is 22.9 Å². The number of rotatable bonds is 9. The Balaban J connectivity index is 1.53. The molecule has 5 rings (SSSR count). The number of carbonyl (C=O) groups excluding carboxylic acids is 1. The van der Waals surface area contributed by atoms with E-state index in [4.69, 9.17) is 20.9 Å². The number of nitrogens with one attached hydrogen (secondary N) is 1. The standard InChI is InChI=1S/C23H25FN8O3/c24-23-29-21(26)20-22(30-23)32(7-3-1-2-4-18(25)33)19(28-20)11-13-10-16-17(35-9-8-34-16)12-14(13)15-5-6-27-31-15/h5-6,10,12H,1-4,7-9,11H2,(H2,25,33)(H,27,31)(H2,26,29,30). The molecule has 1 aromatic carbocycles. The number of imidazole rings is 1. The lowest BCUT2D eigenvalue weighted by Crippen LogP contribution is -2.16. The van der Waals surface area contributed by atoms with Gasteiger partial charge in [0, 0.05) is 31.1 Å². The molecule has 1 aliphatic rings. The Kier molecular flexibility index (Phi) is 6.17. The van der Waals surface area contributed by atoms with Crippen LogP contribution in [0.25, 0.3) is 22.4 Å². The van der Waals surface area contributed by atoms with E-state index in [1.54, 1.807) is 6.20 Å². The quantitative estimate of drug-likeness (QED) is 0.243. The third kappa shape index (κ3) is 4.72. The average molecular weight is 481 g/mol. The number of aryl methyl sites for hydroxylation is 1. The number of ether oxygens (including phenoxy) is 2. The Bertz CT molecular complexity index is 1370. The van der Waals surface area contributed by atoms with Crippen molar-refractivity contribution in [3.8, 4) is 22.8 Å². The largest absolute Gasteiger partial charge is 0.486 e. The lowest BCUT2D eigenvalue weighted by molar-refractivity contribution is -0.118.